The number of aromatic nitrogens is 2. The Kier molecular flexibility index (Phi) is 5.77. The summed E-state index contributed by atoms with van der Waals surface area (Å²) in [4.78, 5) is 6.81. The predicted molar refractivity (Wildman–Crippen MR) is 106 cm³/mol. The highest BCUT2D eigenvalue weighted by Crippen LogP contribution is 2.46. The molecule has 0 aliphatic rings. The SMILES string of the molecule is COc1ccc(F)cc1C(C)(C)CC(O)(Cc1[nH]c2ncccc2c1Cl)C(F)(F)F. The molecule has 2 aromatic heterocycles. The van der Waals surface area contributed by atoms with Gasteiger partial charge in [-0.05, 0) is 42.2 Å². The van der Waals surface area contributed by atoms with Crippen LogP contribution in [0.4, 0.5) is 17.6 Å². The molecule has 0 saturated heterocycles. The molecule has 30 heavy (non-hydrogen) atoms. The van der Waals surface area contributed by atoms with Gasteiger partial charge in [0.1, 0.15) is 17.2 Å². The fourth-order valence-corrected chi connectivity index (χ4v) is 4.02. The van der Waals surface area contributed by atoms with Crippen LogP contribution in [0.3, 0.4) is 0 Å². The third kappa shape index (κ3) is 4.11. The van der Waals surface area contributed by atoms with Gasteiger partial charge in [0, 0.05) is 29.3 Å². The van der Waals surface area contributed by atoms with Crippen molar-refractivity contribution in [3.8, 4) is 5.75 Å². The molecular formula is C21H21ClF4N2O2. The van der Waals surface area contributed by atoms with Crippen molar-refractivity contribution in [2.45, 2.75) is 43.9 Å². The summed E-state index contributed by atoms with van der Waals surface area (Å²) >= 11 is 6.25. The molecule has 1 aromatic carbocycles. The summed E-state index contributed by atoms with van der Waals surface area (Å²) in [5.41, 5.74) is -3.86. The lowest BCUT2D eigenvalue weighted by atomic mass is 9.73. The molecule has 0 bridgehead atoms. The summed E-state index contributed by atoms with van der Waals surface area (Å²) in [5, 5.41) is 11.4. The number of halogens is 5. The van der Waals surface area contributed by atoms with E-state index in [0.29, 0.717) is 11.0 Å². The monoisotopic (exact) mass is 444 g/mol. The number of hydrogen-bond donors (Lipinski definition) is 2. The Balaban J connectivity index is 2.03. The molecular weight excluding hydrogens is 424 g/mol. The summed E-state index contributed by atoms with van der Waals surface area (Å²) in [6, 6.07) is 6.86. The summed E-state index contributed by atoms with van der Waals surface area (Å²) in [6.07, 6.45) is -5.05. The van der Waals surface area contributed by atoms with E-state index in [0.717, 1.165) is 12.1 Å². The fourth-order valence-electron chi connectivity index (χ4n) is 3.75. The number of fused-ring (bicyclic) bond motifs is 1. The number of alkyl halides is 3. The number of methoxy groups -OCH3 is 1. The van der Waals surface area contributed by atoms with E-state index in [1.807, 2.05) is 0 Å². The molecule has 2 heterocycles. The van der Waals surface area contributed by atoms with E-state index < -0.39 is 35.9 Å². The third-order valence-electron chi connectivity index (χ3n) is 5.20. The number of pyridine rings is 1. The highest BCUT2D eigenvalue weighted by Gasteiger charge is 2.56. The van der Waals surface area contributed by atoms with Crippen molar-refractivity contribution in [2.24, 2.45) is 0 Å². The van der Waals surface area contributed by atoms with Gasteiger partial charge >= 0.3 is 6.18 Å². The van der Waals surface area contributed by atoms with Crippen LogP contribution in [0, 0.1) is 5.82 Å². The highest BCUT2D eigenvalue weighted by molar-refractivity contribution is 6.36. The van der Waals surface area contributed by atoms with E-state index >= 15 is 0 Å². The van der Waals surface area contributed by atoms with E-state index in [1.165, 1.54) is 33.2 Å². The summed E-state index contributed by atoms with van der Waals surface area (Å²) < 4.78 is 61.2. The predicted octanol–water partition coefficient (Wildman–Crippen LogP) is 5.57. The zero-order valence-corrected chi connectivity index (χ0v) is 17.3. The van der Waals surface area contributed by atoms with Crippen LogP contribution in [0.15, 0.2) is 36.5 Å². The molecule has 0 fully saturated rings. The number of aromatic amines is 1. The number of hydrogen-bond acceptors (Lipinski definition) is 3. The zero-order valence-electron chi connectivity index (χ0n) is 16.6. The Labute approximate surface area is 175 Å². The Hall–Kier alpha value is -2.32. The minimum Gasteiger partial charge on any atom is -0.496 e. The van der Waals surface area contributed by atoms with Crippen LogP contribution in [0.2, 0.25) is 5.02 Å². The standard InChI is InChI=1S/C21H21ClF4N2O2/c1-19(2,14-9-12(23)6-7-16(14)30-3)11-20(29,21(24,25)26)10-15-17(22)13-5-4-8-27-18(13)28-15/h4-9,29H,10-11H2,1-3H3,(H,27,28). The van der Waals surface area contributed by atoms with E-state index in [9.17, 15) is 22.7 Å². The number of H-pyrrole nitrogens is 1. The molecule has 3 rings (SSSR count). The second-order valence-corrected chi connectivity index (χ2v) is 8.31. The molecule has 4 nitrogen and oxygen atoms in total. The second-order valence-electron chi connectivity index (χ2n) is 7.93. The largest absolute Gasteiger partial charge is 0.496 e. The number of aliphatic hydroxyl groups is 1. The van der Waals surface area contributed by atoms with Gasteiger partial charge in [-0.25, -0.2) is 9.37 Å². The van der Waals surface area contributed by atoms with Gasteiger partial charge in [0.15, 0.2) is 5.60 Å². The van der Waals surface area contributed by atoms with Gasteiger partial charge in [-0.2, -0.15) is 13.2 Å². The first-order valence-electron chi connectivity index (χ1n) is 9.12. The smallest absolute Gasteiger partial charge is 0.417 e. The van der Waals surface area contributed by atoms with Crippen molar-refractivity contribution in [3.05, 3.63) is 58.6 Å². The minimum atomic E-state index is -4.97. The average molecular weight is 445 g/mol. The first-order chi connectivity index (χ1) is 13.9. The number of benzene rings is 1. The Morgan fingerprint density at radius 2 is 1.90 bits per heavy atom. The van der Waals surface area contributed by atoms with Gasteiger partial charge in [-0.1, -0.05) is 25.4 Å². The molecule has 2 N–H and O–H groups in total. The van der Waals surface area contributed by atoms with Crippen molar-refractivity contribution in [1.29, 1.82) is 0 Å². The quantitative estimate of drug-likeness (QED) is 0.489. The minimum absolute atomic E-state index is 0.0206. The lowest BCUT2D eigenvalue weighted by Crippen LogP contribution is -2.51. The van der Waals surface area contributed by atoms with Crippen LogP contribution in [0.25, 0.3) is 11.0 Å². The number of nitrogens with one attached hydrogen (secondary N) is 1. The van der Waals surface area contributed by atoms with Gasteiger partial charge in [0.05, 0.1) is 12.1 Å². The summed E-state index contributed by atoms with van der Waals surface area (Å²) in [6.45, 7) is 2.99. The number of rotatable bonds is 6. The van der Waals surface area contributed by atoms with E-state index in [-0.39, 0.29) is 22.0 Å². The fraction of sp³-hybridized carbons (Fsp3) is 0.381. The van der Waals surface area contributed by atoms with Gasteiger partial charge in [-0.3, -0.25) is 0 Å². The van der Waals surface area contributed by atoms with E-state index in [1.54, 1.807) is 12.1 Å². The van der Waals surface area contributed by atoms with Crippen LogP contribution in [0.5, 0.6) is 5.75 Å². The maximum Gasteiger partial charge on any atom is 0.417 e. The molecule has 0 saturated carbocycles. The van der Waals surface area contributed by atoms with Crippen molar-refractivity contribution in [1.82, 2.24) is 9.97 Å². The number of ether oxygens (including phenoxy) is 1. The molecule has 1 unspecified atom stereocenters. The summed E-state index contributed by atoms with van der Waals surface area (Å²) in [5.74, 6) is -0.377. The van der Waals surface area contributed by atoms with Crippen molar-refractivity contribution < 1.29 is 27.4 Å². The maximum atomic E-state index is 14.1. The molecule has 162 valence electrons. The normalized spacial score (nSPS) is 14.7. The summed E-state index contributed by atoms with van der Waals surface area (Å²) in [7, 11) is 1.35. The van der Waals surface area contributed by atoms with Crippen LogP contribution in [0.1, 0.15) is 31.5 Å². The molecule has 0 aliphatic heterocycles. The third-order valence-corrected chi connectivity index (χ3v) is 5.63. The highest BCUT2D eigenvalue weighted by atomic mass is 35.5. The molecule has 3 aromatic rings. The first kappa shape index (κ1) is 22.4. The Bertz CT molecular complexity index is 1060. The van der Waals surface area contributed by atoms with Gasteiger partial charge < -0.3 is 14.8 Å². The molecule has 0 radical (unpaired) electrons. The van der Waals surface area contributed by atoms with Crippen molar-refractivity contribution in [2.75, 3.05) is 7.11 Å². The molecule has 0 amide bonds. The molecule has 0 spiro atoms. The molecule has 9 heteroatoms. The lowest BCUT2D eigenvalue weighted by Gasteiger charge is -2.38. The molecule has 1 atom stereocenters. The van der Waals surface area contributed by atoms with E-state index in [2.05, 4.69) is 9.97 Å². The van der Waals surface area contributed by atoms with Crippen LogP contribution in [-0.4, -0.2) is 34.0 Å². The second kappa shape index (κ2) is 7.74. The van der Waals surface area contributed by atoms with E-state index in [4.69, 9.17) is 16.3 Å². The van der Waals surface area contributed by atoms with Crippen LogP contribution < -0.4 is 4.74 Å². The van der Waals surface area contributed by atoms with Crippen LogP contribution >= 0.6 is 11.6 Å². The van der Waals surface area contributed by atoms with Crippen molar-refractivity contribution in [3.63, 3.8) is 0 Å². The first-order valence-corrected chi connectivity index (χ1v) is 9.50. The Morgan fingerprint density at radius 1 is 1.20 bits per heavy atom. The van der Waals surface area contributed by atoms with Gasteiger partial charge in [0.2, 0.25) is 0 Å². The lowest BCUT2D eigenvalue weighted by molar-refractivity contribution is -0.266. The zero-order chi connectivity index (χ0) is 22.3. The van der Waals surface area contributed by atoms with Crippen LogP contribution in [-0.2, 0) is 11.8 Å². The number of nitrogens with zero attached hydrogens (tertiary/aromatic N) is 1. The van der Waals surface area contributed by atoms with Crippen molar-refractivity contribution >= 4 is 22.6 Å². The Morgan fingerprint density at radius 3 is 2.50 bits per heavy atom. The maximum absolute atomic E-state index is 14.1. The average Bonchev–Trinajstić information content (AvgIpc) is 2.96. The molecule has 0 aliphatic carbocycles. The topological polar surface area (TPSA) is 58.1 Å². The van der Waals surface area contributed by atoms with Gasteiger partial charge in [0.25, 0.3) is 0 Å². The van der Waals surface area contributed by atoms with Gasteiger partial charge in [-0.15, -0.1) is 0 Å².